The van der Waals surface area contributed by atoms with E-state index in [1.165, 1.54) is 25.7 Å². The van der Waals surface area contributed by atoms with Gasteiger partial charge >= 0.3 is 0 Å². The van der Waals surface area contributed by atoms with E-state index in [4.69, 9.17) is 12.2 Å². The smallest absolute Gasteiger partial charge is 0.257 e. The van der Waals surface area contributed by atoms with Gasteiger partial charge in [-0.25, -0.2) is 0 Å². The Morgan fingerprint density at radius 3 is 2.77 bits per heavy atom. The van der Waals surface area contributed by atoms with Crippen LogP contribution in [0, 0.1) is 10.6 Å². The Bertz CT molecular complexity index is 622. The van der Waals surface area contributed by atoms with Gasteiger partial charge in [0.2, 0.25) is 5.91 Å². The summed E-state index contributed by atoms with van der Waals surface area (Å²) in [6, 6.07) is 3.46. The fourth-order valence-corrected chi connectivity index (χ4v) is 3.56. The Balaban J connectivity index is 1.62. The summed E-state index contributed by atoms with van der Waals surface area (Å²) < 4.78 is 0.424. The lowest BCUT2D eigenvalue weighted by atomic mass is 10.1. The van der Waals surface area contributed by atoms with Crippen LogP contribution in [0.25, 0.3) is 0 Å². The molecule has 1 aliphatic heterocycles. The molecule has 0 atom stereocenters. The average Bonchev–Trinajstić information content (AvgIpc) is 3.02. The largest absolute Gasteiger partial charge is 0.352 e. The normalized spacial score (nSPS) is 19.7. The van der Waals surface area contributed by atoms with Crippen molar-refractivity contribution in [2.24, 2.45) is 5.92 Å². The van der Waals surface area contributed by atoms with E-state index in [-0.39, 0.29) is 18.4 Å². The van der Waals surface area contributed by atoms with Crippen LogP contribution in [0.4, 0.5) is 0 Å². The van der Waals surface area contributed by atoms with Crippen LogP contribution in [0.1, 0.15) is 36.0 Å². The number of rotatable bonds is 3. The summed E-state index contributed by atoms with van der Waals surface area (Å²) in [5.74, 6) is 0.544. The second-order valence-corrected chi connectivity index (χ2v) is 6.54. The number of aromatic nitrogens is 1. The summed E-state index contributed by atoms with van der Waals surface area (Å²) in [7, 11) is 0. The summed E-state index contributed by atoms with van der Waals surface area (Å²) in [4.78, 5) is 31.2. The molecule has 2 amide bonds. The maximum absolute atomic E-state index is 12.5. The molecule has 1 aliphatic carbocycles. The van der Waals surface area contributed by atoms with Crippen LogP contribution in [0.3, 0.4) is 0 Å². The van der Waals surface area contributed by atoms with E-state index in [1.807, 2.05) is 4.90 Å². The van der Waals surface area contributed by atoms with Gasteiger partial charge in [0.15, 0.2) is 0 Å². The van der Waals surface area contributed by atoms with Crippen molar-refractivity contribution in [2.75, 3.05) is 26.2 Å². The number of carbonyl (C=O) groups is 2. The predicted octanol–water partition coefficient (Wildman–Crippen LogP) is 2.22. The zero-order chi connectivity index (χ0) is 15.5. The van der Waals surface area contributed by atoms with Gasteiger partial charge in [0.25, 0.3) is 5.91 Å². The topological polar surface area (TPSA) is 56.4 Å². The SMILES string of the molecule is O=C1CN(C(=O)c2ccc[nH]c2=S)CCN1CC1CCCC1. The van der Waals surface area contributed by atoms with Crippen LogP contribution in [0.2, 0.25) is 0 Å². The summed E-state index contributed by atoms with van der Waals surface area (Å²) in [6.07, 6.45) is 6.72. The van der Waals surface area contributed by atoms with Gasteiger partial charge in [-0.1, -0.05) is 25.1 Å². The molecule has 2 heterocycles. The van der Waals surface area contributed by atoms with Crippen molar-refractivity contribution in [3.8, 4) is 0 Å². The van der Waals surface area contributed by atoms with Crippen molar-refractivity contribution in [3.05, 3.63) is 28.5 Å². The van der Waals surface area contributed by atoms with Gasteiger partial charge < -0.3 is 14.8 Å². The molecule has 118 valence electrons. The maximum Gasteiger partial charge on any atom is 0.257 e. The molecule has 1 aromatic rings. The van der Waals surface area contributed by atoms with Gasteiger partial charge in [-0.15, -0.1) is 0 Å². The van der Waals surface area contributed by atoms with Crippen molar-refractivity contribution in [1.29, 1.82) is 0 Å². The lowest BCUT2D eigenvalue weighted by molar-refractivity contribution is -0.135. The molecule has 2 aliphatic rings. The molecule has 22 heavy (non-hydrogen) atoms. The quantitative estimate of drug-likeness (QED) is 0.869. The summed E-state index contributed by atoms with van der Waals surface area (Å²) in [5.41, 5.74) is 0.467. The third-order valence-corrected chi connectivity index (χ3v) is 4.95. The summed E-state index contributed by atoms with van der Waals surface area (Å²) >= 11 is 5.15. The number of hydrogen-bond acceptors (Lipinski definition) is 3. The summed E-state index contributed by atoms with van der Waals surface area (Å²) in [5, 5.41) is 0. The number of amides is 2. The maximum atomic E-state index is 12.5. The van der Waals surface area contributed by atoms with Crippen molar-refractivity contribution < 1.29 is 9.59 Å². The first kappa shape index (κ1) is 15.2. The van der Waals surface area contributed by atoms with Crippen molar-refractivity contribution >= 4 is 24.0 Å². The zero-order valence-electron chi connectivity index (χ0n) is 12.6. The standard InChI is InChI=1S/C16H21N3O2S/c20-14-11-19(16(21)13-6-3-7-17-15(13)22)9-8-18(14)10-12-4-1-2-5-12/h3,6-7,12H,1-2,4-5,8-11H2,(H,17,22). The average molecular weight is 319 g/mol. The number of H-pyrrole nitrogens is 1. The molecule has 6 heteroatoms. The lowest BCUT2D eigenvalue weighted by Gasteiger charge is -2.35. The Hall–Kier alpha value is -1.69. The molecule has 1 saturated carbocycles. The number of aromatic amines is 1. The van der Waals surface area contributed by atoms with Crippen LogP contribution in [0.15, 0.2) is 18.3 Å². The first-order chi connectivity index (χ1) is 10.6. The fraction of sp³-hybridized carbons (Fsp3) is 0.562. The number of pyridine rings is 1. The van der Waals surface area contributed by atoms with Gasteiger partial charge in [0, 0.05) is 25.8 Å². The highest BCUT2D eigenvalue weighted by molar-refractivity contribution is 7.71. The van der Waals surface area contributed by atoms with Gasteiger partial charge in [-0.3, -0.25) is 9.59 Å². The summed E-state index contributed by atoms with van der Waals surface area (Å²) in [6.45, 7) is 2.23. The first-order valence-corrected chi connectivity index (χ1v) is 8.31. The number of hydrogen-bond donors (Lipinski definition) is 1. The molecule has 1 aromatic heterocycles. The minimum Gasteiger partial charge on any atom is -0.352 e. The molecule has 0 aromatic carbocycles. The van der Waals surface area contributed by atoms with Crippen molar-refractivity contribution in [3.63, 3.8) is 0 Å². The number of nitrogens with zero attached hydrogens (tertiary/aromatic N) is 2. The molecule has 3 rings (SSSR count). The van der Waals surface area contributed by atoms with E-state index < -0.39 is 0 Å². The van der Waals surface area contributed by atoms with Gasteiger partial charge in [0.1, 0.15) is 11.2 Å². The molecule has 5 nitrogen and oxygen atoms in total. The Kier molecular flexibility index (Phi) is 4.57. The monoisotopic (exact) mass is 319 g/mol. The van der Waals surface area contributed by atoms with Crippen molar-refractivity contribution in [1.82, 2.24) is 14.8 Å². The second kappa shape index (κ2) is 6.60. The molecular formula is C16H21N3O2S. The third kappa shape index (κ3) is 3.21. The Morgan fingerprint density at radius 1 is 1.32 bits per heavy atom. The van der Waals surface area contributed by atoms with E-state index in [1.54, 1.807) is 23.2 Å². The minimum absolute atomic E-state index is 0.0531. The third-order valence-electron chi connectivity index (χ3n) is 4.61. The van der Waals surface area contributed by atoms with Crippen LogP contribution < -0.4 is 0 Å². The van der Waals surface area contributed by atoms with Crippen molar-refractivity contribution in [2.45, 2.75) is 25.7 Å². The van der Waals surface area contributed by atoms with E-state index in [0.717, 1.165) is 6.54 Å². The van der Waals surface area contributed by atoms with E-state index in [0.29, 0.717) is 29.2 Å². The molecule has 0 radical (unpaired) electrons. The van der Waals surface area contributed by atoms with Crippen LogP contribution in [-0.2, 0) is 4.79 Å². The molecule has 0 spiro atoms. The van der Waals surface area contributed by atoms with E-state index >= 15 is 0 Å². The number of piperazine rings is 1. The first-order valence-electron chi connectivity index (χ1n) is 7.90. The molecular weight excluding hydrogens is 298 g/mol. The number of nitrogens with one attached hydrogen (secondary N) is 1. The minimum atomic E-state index is -0.157. The molecule has 1 N–H and O–H groups in total. The van der Waals surface area contributed by atoms with E-state index in [9.17, 15) is 9.59 Å². The fourth-order valence-electron chi connectivity index (χ4n) is 3.34. The predicted molar refractivity (Wildman–Crippen MR) is 86.1 cm³/mol. The molecule has 1 saturated heterocycles. The molecule has 0 unspecified atom stereocenters. The van der Waals surface area contributed by atoms with Gasteiger partial charge in [0.05, 0.1) is 5.56 Å². The Morgan fingerprint density at radius 2 is 2.09 bits per heavy atom. The second-order valence-electron chi connectivity index (χ2n) is 6.13. The van der Waals surface area contributed by atoms with Gasteiger partial charge in [-0.05, 0) is 30.9 Å². The van der Waals surface area contributed by atoms with Gasteiger partial charge in [-0.2, -0.15) is 0 Å². The Labute approximate surface area is 135 Å². The zero-order valence-corrected chi connectivity index (χ0v) is 13.4. The van der Waals surface area contributed by atoms with Crippen LogP contribution >= 0.6 is 12.2 Å². The van der Waals surface area contributed by atoms with Crippen LogP contribution in [-0.4, -0.2) is 52.8 Å². The number of carbonyl (C=O) groups excluding carboxylic acids is 2. The highest BCUT2D eigenvalue weighted by Gasteiger charge is 2.30. The molecule has 2 fully saturated rings. The van der Waals surface area contributed by atoms with Crippen LogP contribution in [0.5, 0.6) is 0 Å². The molecule has 0 bridgehead atoms. The highest BCUT2D eigenvalue weighted by Crippen LogP contribution is 2.26. The van der Waals surface area contributed by atoms with E-state index in [2.05, 4.69) is 4.98 Å². The lowest BCUT2D eigenvalue weighted by Crippen LogP contribution is -2.53. The highest BCUT2D eigenvalue weighted by atomic mass is 32.1.